The van der Waals surface area contributed by atoms with E-state index in [1.807, 2.05) is 24.5 Å². The quantitative estimate of drug-likeness (QED) is 0.300. The Bertz CT molecular complexity index is 1880. The van der Waals surface area contributed by atoms with Crippen LogP contribution in [0.1, 0.15) is 47.2 Å². The van der Waals surface area contributed by atoms with Gasteiger partial charge in [0.15, 0.2) is 0 Å². The number of nitrogens with one attached hydrogen (secondary N) is 2. The summed E-state index contributed by atoms with van der Waals surface area (Å²) in [5, 5.41) is 3.52. The lowest BCUT2D eigenvalue weighted by Crippen LogP contribution is -2.56. The molecule has 3 amide bonds. The molecule has 2 N–H and O–H groups in total. The summed E-state index contributed by atoms with van der Waals surface area (Å²) in [6, 6.07) is 19.0. The van der Waals surface area contributed by atoms with Gasteiger partial charge < -0.3 is 19.7 Å². The summed E-state index contributed by atoms with van der Waals surface area (Å²) in [7, 11) is 0. The smallest absolute Gasteiger partial charge is 0.255 e. The molecule has 0 spiro atoms. The molecular formula is C37H39N7O3. The summed E-state index contributed by atoms with van der Waals surface area (Å²) < 4.78 is 0. The molecule has 4 aromatic rings. The SMILES string of the molecule is O=C1CCC(N2Cc3cc(N4CC(CN5CCN(C6(c7ccc(-c8cnc9[nH]ccc9c8)cc7)CC6)CC5)C4)ccc3C2=O)C(=O)N1. The summed E-state index contributed by atoms with van der Waals surface area (Å²) in [4.78, 5) is 54.2. The fourth-order valence-corrected chi connectivity index (χ4v) is 8.35. The molecule has 1 atom stereocenters. The summed E-state index contributed by atoms with van der Waals surface area (Å²) >= 11 is 0. The van der Waals surface area contributed by atoms with Crippen molar-refractivity contribution in [2.45, 2.75) is 43.8 Å². The van der Waals surface area contributed by atoms with Gasteiger partial charge in [-0.1, -0.05) is 24.3 Å². The van der Waals surface area contributed by atoms with Gasteiger partial charge >= 0.3 is 0 Å². The second-order valence-corrected chi connectivity index (χ2v) is 14.0. The van der Waals surface area contributed by atoms with Crippen molar-refractivity contribution in [3.8, 4) is 11.1 Å². The molecule has 3 saturated heterocycles. The summed E-state index contributed by atoms with van der Waals surface area (Å²) in [5.74, 6) is -0.107. The van der Waals surface area contributed by atoms with E-state index in [-0.39, 0.29) is 29.7 Å². The first-order valence-corrected chi connectivity index (χ1v) is 17.0. The highest BCUT2D eigenvalue weighted by atomic mass is 16.2. The number of hydrogen-bond donors (Lipinski definition) is 2. The minimum absolute atomic E-state index is 0.116. The Morgan fingerprint density at radius 2 is 1.70 bits per heavy atom. The van der Waals surface area contributed by atoms with Crippen LogP contribution in [-0.2, 0) is 21.7 Å². The normalized spacial score (nSPS) is 23.2. The van der Waals surface area contributed by atoms with Gasteiger partial charge in [0, 0.05) is 105 Å². The van der Waals surface area contributed by atoms with E-state index in [1.54, 1.807) is 4.90 Å². The molecule has 10 nitrogen and oxygen atoms in total. The number of fused-ring (bicyclic) bond motifs is 2. The van der Waals surface area contributed by atoms with Crippen LogP contribution in [0, 0.1) is 5.92 Å². The average Bonchev–Trinajstić information content (AvgIpc) is 3.63. The van der Waals surface area contributed by atoms with E-state index in [4.69, 9.17) is 0 Å². The number of H-pyrrole nitrogens is 1. The van der Waals surface area contributed by atoms with E-state index in [0.29, 0.717) is 24.4 Å². The number of aromatic nitrogens is 2. The molecule has 4 aliphatic heterocycles. The highest BCUT2D eigenvalue weighted by Crippen LogP contribution is 2.51. The third-order valence-corrected chi connectivity index (χ3v) is 11.2. The predicted octanol–water partition coefficient (Wildman–Crippen LogP) is 3.73. The van der Waals surface area contributed by atoms with Crippen molar-refractivity contribution >= 4 is 34.4 Å². The third kappa shape index (κ3) is 5.01. The molecule has 2 aromatic carbocycles. The summed E-state index contributed by atoms with van der Waals surface area (Å²) in [6.07, 6.45) is 7.01. The molecule has 1 aliphatic carbocycles. The molecule has 9 rings (SSSR count). The van der Waals surface area contributed by atoms with E-state index in [9.17, 15) is 14.4 Å². The van der Waals surface area contributed by atoms with Crippen LogP contribution >= 0.6 is 0 Å². The number of anilines is 1. The zero-order valence-corrected chi connectivity index (χ0v) is 26.5. The Morgan fingerprint density at radius 1 is 0.894 bits per heavy atom. The van der Waals surface area contributed by atoms with Crippen LogP contribution in [-0.4, -0.2) is 94.2 Å². The van der Waals surface area contributed by atoms with Crippen molar-refractivity contribution < 1.29 is 14.4 Å². The van der Waals surface area contributed by atoms with Gasteiger partial charge in [-0.25, -0.2) is 4.98 Å². The molecule has 1 unspecified atom stereocenters. The Balaban J connectivity index is 0.771. The van der Waals surface area contributed by atoms with Gasteiger partial charge in [0.1, 0.15) is 11.7 Å². The minimum atomic E-state index is -0.575. The lowest BCUT2D eigenvalue weighted by atomic mass is 9.96. The van der Waals surface area contributed by atoms with Crippen molar-refractivity contribution in [3.63, 3.8) is 0 Å². The highest BCUT2D eigenvalue weighted by Gasteiger charge is 2.50. The van der Waals surface area contributed by atoms with Crippen molar-refractivity contribution in [3.05, 3.63) is 83.7 Å². The Morgan fingerprint density at radius 3 is 2.47 bits per heavy atom. The maximum absolute atomic E-state index is 13.1. The number of carbonyl (C=O) groups is 3. The molecule has 6 heterocycles. The number of piperidine rings is 1. The molecule has 240 valence electrons. The first-order valence-electron chi connectivity index (χ1n) is 17.0. The van der Waals surface area contributed by atoms with Gasteiger partial charge in [-0.05, 0) is 66.3 Å². The molecule has 47 heavy (non-hydrogen) atoms. The number of benzene rings is 2. The Kier molecular flexibility index (Phi) is 6.72. The first-order chi connectivity index (χ1) is 22.9. The molecule has 10 heteroatoms. The van der Waals surface area contributed by atoms with Crippen molar-refractivity contribution in [2.24, 2.45) is 5.92 Å². The first kappa shape index (κ1) is 28.7. The number of hydrogen-bond acceptors (Lipinski definition) is 7. The van der Waals surface area contributed by atoms with Crippen LogP contribution in [0.15, 0.2) is 67.0 Å². The van der Waals surface area contributed by atoms with Gasteiger partial charge in [0.2, 0.25) is 11.8 Å². The average molecular weight is 630 g/mol. The molecule has 1 saturated carbocycles. The minimum Gasteiger partial charge on any atom is -0.371 e. The number of carbonyl (C=O) groups excluding carboxylic acids is 3. The number of pyridine rings is 1. The number of aromatic amines is 1. The molecule has 2 aromatic heterocycles. The fourth-order valence-electron chi connectivity index (χ4n) is 8.35. The van der Waals surface area contributed by atoms with Crippen LogP contribution in [0.5, 0.6) is 0 Å². The number of nitrogens with zero attached hydrogens (tertiary/aromatic N) is 5. The maximum Gasteiger partial charge on any atom is 0.255 e. The highest BCUT2D eigenvalue weighted by molar-refractivity contribution is 6.05. The maximum atomic E-state index is 13.1. The van der Waals surface area contributed by atoms with Gasteiger partial charge in [-0.3, -0.25) is 24.6 Å². The number of rotatable bonds is 7. The second kappa shape index (κ2) is 11.0. The summed E-state index contributed by atoms with van der Waals surface area (Å²) in [5.41, 5.74) is 7.71. The predicted molar refractivity (Wildman–Crippen MR) is 179 cm³/mol. The van der Waals surface area contributed by atoms with E-state index >= 15 is 0 Å². The van der Waals surface area contributed by atoms with E-state index in [1.165, 1.54) is 24.0 Å². The number of piperazine rings is 1. The lowest BCUT2D eigenvalue weighted by Gasteiger charge is -2.46. The van der Waals surface area contributed by atoms with Crippen LogP contribution in [0.25, 0.3) is 22.2 Å². The van der Waals surface area contributed by atoms with Crippen LogP contribution in [0.2, 0.25) is 0 Å². The van der Waals surface area contributed by atoms with E-state index in [2.05, 4.69) is 72.4 Å². The van der Waals surface area contributed by atoms with E-state index < -0.39 is 6.04 Å². The van der Waals surface area contributed by atoms with Crippen LogP contribution < -0.4 is 10.2 Å². The molecule has 4 fully saturated rings. The van der Waals surface area contributed by atoms with Crippen molar-refractivity contribution in [2.75, 3.05) is 50.7 Å². The molecular weight excluding hydrogens is 590 g/mol. The third-order valence-electron chi connectivity index (χ3n) is 11.2. The largest absolute Gasteiger partial charge is 0.371 e. The number of amides is 3. The zero-order valence-electron chi connectivity index (χ0n) is 26.5. The van der Waals surface area contributed by atoms with Crippen LogP contribution in [0.4, 0.5) is 5.69 Å². The molecule has 5 aliphatic rings. The van der Waals surface area contributed by atoms with Crippen molar-refractivity contribution in [1.82, 2.24) is 30.0 Å². The van der Waals surface area contributed by atoms with Gasteiger partial charge in [0.25, 0.3) is 5.91 Å². The standard InChI is InChI=1S/C37H39N7O3/c45-33-8-7-32(35(46)40-33)44-23-28-18-30(5-6-31(28)36(44)47)42-21-24(22-42)20-41-13-15-43(16-14-41)37(10-11-37)29-3-1-25(2-4-29)27-17-26-9-12-38-34(26)39-19-27/h1-6,9,12,17-19,24,32H,7-8,10-11,13-16,20-23H2,(H,38,39)(H,40,45,46). The topological polar surface area (TPSA) is 105 Å². The van der Waals surface area contributed by atoms with E-state index in [0.717, 1.165) is 73.7 Å². The molecule has 0 radical (unpaired) electrons. The van der Waals surface area contributed by atoms with Gasteiger partial charge in [-0.15, -0.1) is 0 Å². The lowest BCUT2D eigenvalue weighted by molar-refractivity contribution is -0.136. The second-order valence-electron chi connectivity index (χ2n) is 14.0. The zero-order chi connectivity index (χ0) is 31.7. The van der Waals surface area contributed by atoms with Crippen LogP contribution in [0.3, 0.4) is 0 Å². The van der Waals surface area contributed by atoms with Crippen molar-refractivity contribution in [1.29, 1.82) is 0 Å². The number of imide groups is 1. The summed E-state index contributed by atoms with van der Waals surface area (Å²) in [6.45, 7) is 8.01. The monoisotopic (exact) mass is 629 g/mol. The van der Waals surface area contributed by atoms with Gasteiger partial charge in [0.05, 0.1) is 0 Å². The fraction of sp³-hybridized carbons (Fsp3) is 0.405. The Labute approximate surface area is 273 Å². The Hall–Kier alpha value is -4.54. The van der Waals surface area contributed by atoms with Gasteiger partial charge in [-0.2, -0.15) is 0 Å². The molecule has 0 bridgehead atoms.